The third-order valence-electron chi connectivity index (χ3n) is 3.26. The van der Waals surface area contributed by atoms with Crippen LogP contribution in [0.15, 0.2) is 36.9 Å². The Hall–Kier alpha value is -1.66. The summed E-state index contributed by atoms with van der Waals surface area (Å²) in [6.07, 6.45) is 7.01. The lowest BCUT2D eigenvalue weighted by Crippen LogP contribution is -2.51. The van der Waals surface area contributed by atoms with Gasteiger partial charge in [0.05, 0.1) is 18.7 Å². The summed E-state index contributed by atoms with van der Waals surface area (Å²) >= 11 is 0. The molecule has 2 aromatic rings. The molecule has 18 heavy (non-hydrogen) atoms. The summed E-state index contributed by atoms with van der Waals surface area (Å²) < 4.78 is 3.74. The quantitative estimate of drug-likeness (QED) is 0.808. The van der Waals surface area contributed by atoms with E-state index in [0.29, 0.717) is 19.1 Å². The number of β-amino-alcohol motifs (C(OH)–C–C–N with tert-alkyl or cyclic N) is 1. The van der Waals surface area contributed by atoms with Crippen molar-refractivity contribution in [3.8, 4) is 0 Å². The number of aliphatic hydroxyl groups excluding tert-OH is 1. The number of hydrogen-bond donors (Lipinski definition) is 1. The van der Waals surface area contributed by atoms with Crippen molar-refractivity contribution in [2.75, 3.05) is 19.6 Å². The predicted molar refractivity (Wildman–Crippen MR) is 65.9 cm³/mol. The average Bonchev–Trinajstić information content (AvgIpc) is 2.94. The molecule has 0 saturated carbocycles. The maximum atomic E-state index is 9.95. The first-order chi connectivity index (χ1) is 8.81. The minimum absolute atomic E-state index is 0.372. The fourth-order valence-electron chi connectivity index (χ4n) is 2.34. The zero-order valence-electron chi connectivity index (χ0n) is 10.1. The summed E-state index contributed by atoms with van der Waals surface area (Å²) in [5, 5.41) is 18.3. The number of rotatable bonds is 5. The molecular weight excluding hydrogens is 230 g/mol. The van der Waals surface area contributed by atoms with Gasteiger partial charge in [-0.3, -0.25) is 14.3 Å². The van der Waals surface area contributed by atoms with Crippen LogP contribution >= 0.6 is 0 Å². The Morgan fingerprint density at radius 2 is 1.89 bits per heavy atom. The monoisotopic (exact) mass is 247 g/mol. The SMILES string of the molecule is O[C@@H](CN1CC(n2cccn2)C1)Cn1cccn1. The molecule has 0 aliphatic carbocycles. The van der Waals surface area contributed by atoms with E-state index in [4.69, 9.17) is 0 Å². The largest absolute Gasteiger partial charge is 0.390 e. The maximum Gasteiger partial charge on any atom is 0.0862 e. The third kappa shape index (κ3) is 2.44. The van der Waals surface area contributed by atoms with Crippen LogP contribution in [0, 0.1) is 0 Å². The minimum Gasteiger partial charge on any atom is -0.390 e. The number of aromatic nitrogens is 4. The van der Waals surface area contributed by atoms with E-state index >= 15 is 0 Å². The Morgan fingerprint density at radius 1 is 1.11 bits per heavy atom. The van der Waals surface area contributed by atoms with Crippen molar-refractivity contribution in [2.45, 2.75) is 18.7 Å². The molecule has 0 unspecified atom stereocenters. The highest BCUT2D eigenvalue weighted by molar-refractivity contribution is 4.90. The van der Waals surface area contributed by atoms with Gasteiger partial charge in [-0.1, -0.05) is 0 Å². The Kier molecular flexibility index (Phi) is 3.12. The summed E-state index contributed by atoms with van der Waals surface area (Å²) in [4.78, 5) is 2.24. The summed E-state index contributed by atoms with van der Waals surface area (Å²) in [5.41, 5.74) is 0. The molecule has 0 bridgehead atoms. The van der Waals surface area contributed by atoms with Gasteiger partial charge in [0.1, 0.15) is 0 Å². The van der Waals surface area contributed by atoms with Gasteiger partial charge in [-0.25, -0.2) is 0 Å². The zero-order chi connectivity index (χ0) is 12.4. The van der Waals surface area contributed by atoms with E-state index in [1.807, 2.05) is 29.2 Å². The highest BCUT2D eigenvalue weighted by Crippen LogP contribution is 2.20. The van der Waals surface area contributed by atoms with Gasteiger partial charge in [0.25, 0.3) is 0 Å². The first-order valence-electron chi connectivity index (χ1n) is 6.18. The molecule has 96 valence electrons. The minimum atomic E-state index is -0.372. The fraction of sp³-hybridized carbons (Fsp3) is 0.500. The molecule has 6 heteroatoms. The Morgan fingerprint density at radius 3 is 2.56 bits per heavy atom. The molecule has 2 aromatic heterocycles. The van der Waals surface area contributed by atoms with Crippen molar-refractivity contribution >= 4 is 0 Å². The molecule has 1 aliphatic heterocycles. The molecule has 3 rings (SSSR count). The van der Waals surface area contributed by atoms with Crippen LogP contribution in [0.1, 0.15) is 6.04 Å². The van der Waals surface area contributed by atoms with Crippen molar-refractivity contribution in [1.29, 1.82) is 0 Å². The molecule has 3 heterocycles. The van der Waals surface area contributed by atoms with Crippen LogP contribution in [0.5, 0.6) is 0 Å². The molecule has 0 radical (unpaired) electrons. The van der Waals surface area contributed by atoms with Gasteiger partial charge in [-0.15, -0.1) is 0 Å². The van der Waals surface area contributed by atoms with E-state index in [9.17, 15) is 5.11 Å². The highest BCUT2D eigenvalue weighted by atomic mass is 16.3. The molecule has 0 aromatic carbocycles. The lowest BCUT2D eigenvalue weighted by molar-refractivity contribution is 0.0326. The van der Waals surface area contributed by atoms with E-state index in [1.54, 1.807) is 17.1 Å². The van der Waals surface area contributed by atoms with E-state index in [1.165, 1.54) is 0 Å². The lowest BCUT2D eigenvalue weighted by Gasteiger charge is -2.40. The van der Waals surface area contributed by atoms with Crippen molar-refractivity contribution in [2.24, 2.45) is 0 Å². The van der Waals surface area contributed by atoms with Gasteiger partial charge < -0.3 is 5.11 Å². The standard InChI is InChI=1S/C12H17N5O/c18-12(10-16-5-1-3-13-16)9-15-7-11(8-15)17-6-2-4-14-17/h1-6,11-12,18H,7-10H2/t12-/m0/s1. The van der Waals surface area contributed by atoms with Gasteiger partial charge in [0, 0.05) is 44.4 Å². The van der Waals surface area contributed by atoms with Gasteiger partial charge in [-0.05, 0) is 12.1 Å². The van der Waals surface area contributed by atoms with Crippen LogP contribution < -0.4 is 0 Å². The fourth-order valence-corrected chi connectivity index (χ4v) is 2.34. The van der Waals surface area contributed by atoms with Gasteiger partial charge in [-0.2, -0.15) is 10.2 Å². The summed E-state index contributed by atoms with van der Waals surface area (Å²) in [6.45, 7) is 3.16. The van der Waals surface area contributed by atoms with Crippen molar-refractivity contribution in [1.82, 2.24) is 24.5 Å². The van der Waals surface area contributed by atoms with Crippen LogP contribution in [-0.4, -0.2) is 55.3 Å². The molecule has 0 spiro atoms. The van der Waals surface area contributed by atoms with Crippen LogP contribution in [-0.2, 0) is 6.54 Å². The molecule has 1 aliphatic rings. The average molecular weight is 247 g/mol. The van der Waals surface area contributed by atoms with Gasteiger partial charge >= 0.3 is 0 Å². The van der Waals surface area contributed by atoms with Gasteiger partial charge in [0.2, 0.25) is 0 Å². The number of likely N-dealkylation sites (tertiary alicyclic amines) is 1. The van der Waals surface area contributed by atoms with E-state index < -0.39 is 0 Å². The third-order valence-corrected chi connectivity index (χ3v) is 3.26. The normalized spacial score (nSPS) is 18.7. The second-order valence-corrected chi connectivity index (χ2v) is 4.74. The lowest BCUT2D eigenvalue weighted by atomic mass is 10.1. The second-order valence-electron chi connectivity index (χ2n) is 4.74. The van der Waals surface area contributed by atoms with Crippen molar-refractivity contribution in [3.63, 3.8) is 0 Å². The van der Waals surface area contributed by atoms with Crippen molar-refractivity contribution in [3.05, 3.63) is 36.9 Å². The summed E-state index contributed by atoms with van der Waals surface area (Å²) in [5.74, 6) is 0. The van der Waals surface area contributed by atoms with Gasteiger partial charge in [0.15, 0.2) is 0 Å². The zero-order valence-corrected chi connectivity index (χ0v) is 10.1. The van der Waals surface area contributed by atoms with Crippen LogP contribution in [0.25, 0.3) is 0 Å². The molecule has 1 atom stereocenters. The van der Waals surface area contributed by atoms with Crippen LogP contribution in [0.4, 0.5) is 0 Å². The Labute approximate surface area is 105 Å². The number of aliphatic hydroxyl groups is 1. The molecule has 1 fully saturated rings. The first kappa shape index (κ1) is 11.4. The highest BCUT2D eigenvalue weighted by Gasteiger charge is 2.29. The number of nitrogens with zero attached hydrogens (tertiary/aromatic N) is 5. The molecule has 6 nitrogen and oxygen atoms in total. The first-order valence-corrected chi connectivity index (χ1v) is 6.18. The second kappa shape index (κ2) is 4.91. The Bertz CT molecular complexity index is 461. The molecule has 0 amide bonds. The molecular formula is C12H17N5O. The molecule has 1 saturated heterocycles. The maximum absolute atomic E-state index is 9.95. The number of hydrogen-bond acceptors (Lipinski definition) is 4. The molecule has 1 N–H and O–H groups in total. The van der Waals surface area contributed by atoms with Crippen LogP contribution in [0.3, 0.4) is 0 Å². The van der Waals surface area contributed by atoms with E-state index in [-0.39, 0.29) is 6.10 Å². The summed E-state index contributed by atoms with van der Waals surface area (Å²) in [7, 11) is 0. The van der Waals surface area contributed by atoms with E-state index in [2.05, 4.69) is 15.1 Å². The topological polar surface area (TPSA) is 59.1 Å². The van der Waals surface area contributed by atoms with E-state index in [0.717, 1.165) is 13.1 Å². The predicted octanol–water partition coefficient (Wildman–Crippen LogP) is -0.00260. The van der Waals surface area contributed by atoms with Crippen LogP contribution in [0.2, 0.25) is 0 Å². The van der Waals surface area contributed by atoms with Crippen molar-refractivity contribution < 1.29 is 5.11 Å². The smallest absolute Gasteiger partial charge is 0.0862 e. The summed E-state index contributed by atoms with van der Waals surface area (Å²) in [6, 6.07) is 4.26. The Balaban J connectivity index is 1.43.